The molecule has 0 N–H and O–H groups in total. The highest BCUT2D eigenvalue weighted by Crippen LogP contribution is 2.37. The van der Waals surface area contributed by atoms with Crippen molar-refractivity contribution >= 4 is 27.0 Å². The number of esters is 1. The molecule has 0 fully saturated rings. The summed E-state index contributed by atoms with van der Waals surface area (Å²) in [6, 6.07) is 16.4. The second-order valence-electron chi connectivity index (χ2n) is 10.2. The Morgan fingerprint density at radius 1 is 1.15 bits per heavy atom. The molecule has 4 aromatic rings. The van der Waals surface area contributed by atoms with Crippen molar-refractivity contribution in [1.82, 2.24) is 19.3 Å². The molecule has 1 aromatic heterocycles. The molecule has 0 amide bonds. The number of hydrogen-bond donors (Lipinski definition) is 0. The number of hydrogen-bond acceptors (Lipinski definition) is 8. The number of methoxy groups -OCH3 is 1. The number of sulfonamides is 1. The zero-order valence-corrected chi connectivity index (χ0v) is 24.6. The van der Waals surface area contributed by atoms with Crippen molar-refractivity contribution < 1.29 is 27.4 Å². The van der Waals surface area contributed by atoms with Crippen molar-refractivity contribution in [1.29, 1.82) is 0 Å². The quantitative estimate of drug-likeness (QED) is 0.284. The van der Waals surface area contributed by atoms with E-state index >= 15 is 0 Å². The number of nitrogens with zero attached hydrogens (tertiary/aromatic N) is 4. The molecule has 1 aliphatic heterocycles. The Balaban J connectivity index is 1.56. The maximum atomic E-state index is 13.7. The van der Waals surface area contributed by atoms with Crippen LogP contribution in [-0.2, 0) is 33.1 Å². The summed E-state index contributed by atoms with van der Waals surface area (Å²) in [4.78, 5) is 12.9. The maximum Gasteiger partial charge on any atom is 0.306 e. The van der Waals surface area contributed by atoms with E-state index < -0.39 is 15.9 Å². The molecule has 2 atom stereocenters. The van der Waals surface area contributed by atoms with Gasteiger partial charge in [0.2, 0.25) is 10.0 Å². The lowest BCUT2D eigenvalue weighted by atomic mass is 9.86. The van der Waals surface area contributed by atoms with Crippen LogP contribution in [-0.4, -0.2) is 60.1 Å². The summed E-state index contributed by atoms with van der Waals surface area (Å²) in [6.07, 6.45) is -0.245. The third-order valence-corrected chi connectivity index (χ3v) is 9.22. The summed E-state index contributed by atoms with van der Waals surface area (Å²) in [5.41, 5.74) is 4.83. The number of carbonyl (C=O) groups is 1. The Morgan fingerprint density at radius 2 is 1.93 bits per heavy atom. The fraction of sp³-hybridized carbons (Fsp3) is 0.367. The SMILES string of the molecule is CCOC(=O)CC(c1ccc(C)c(CN2C[C@@H](C)Oc3ccccc3S2(=O)=O)c1)c1cc(OC)c2c(c1)nnn2C. The van der Waals surface area contributed by atoms with Gasteiger partial charge in [-0.3, -0.25) is 4.79 Å². The van der Waals surface area contributed by atoms with Gasteiger partial charge in [-0.05, 0) is 67.3 Å². The number of aromatic nitrogens is 3. The maximum absolute atomic E-state index is 13.7. The average Bonchev–Trinajstić information content (AvgIpc) is 3.28. The number of para-hydroxylation sites is 1. The van der Waals surface area contributed by atoms with Gasteiger partial charge in [0.05, 0.1) is 26.7 Å². The van der Waals surface area contributed by atoms with Gasteiger partial charge < -0.3 is 14.2 Å². The van der Waals surface area contributed by atoms with E-state index in [0.717, 1.165) is 27.8 Å². The molecule has 1 aliphatic rings. The molecule has 2 heterocycles. The van der Waals surface area contributed by atoms with E-state index in [1.807, 2.05) is 44.2 Å². The molecule has 3 aromatic carbocycles. The Labute approximate surface area is 239 Å². The van der Waals surface area contributed by atoms with Crippen molar-refractivity contribution in [3.63, 3.8) is 0 Å². The lowest BCUT2D eigenvalue weighted by Gasteiger charge is -2.24. The van der Waals surface area contributed by atoms with E-state index in [0.29, 0.717) is 17.0 Å². The van der Waals surface area contributed by atoms with Gasteiger partial charge in [0.25, 0.3) is 0 Å². The van der Waals surface area contributed by atoms with Crippen LogP contribution in [0.25, 0.3) is 11.0 Å². The lowest BCUT2D eigenvalue weighted by Crippen LogP contribution is -2.35. The van der Waals surface area contributed by atoms with Gasteiger partial charge in [0.1, 0.15) is 33.5 Å². The standard InChI is InChI=1S/C30H34N4O6S/c1-6-39-29(35)16-24(22-14-25-30(27(15-22)38-5)33(4)32-31-25)21-12-11-19(2)23(13-21)18-34-17-20(3)40-26-9-7-8-10-28(26)41(34,36)37/h7-15,20,24H,6,16-18H2,1-5H3/t20-,24?/m1/s1. The highest BCUT2D eigenvalue weighted by Gasteiger charge is 2.33. The largest absolute Gasteiger partial charge is 0.494 e. The fourth-order valence-corrected chi connectivity index (χ4v) is 6.92. The first kappa shape index (κ1) is 28.6. The van der Waals surface area contributed by atoms with Crippen molar-refractivity contribution in [2.75, 3.05) is 20.3 Å². The minimum absolute atomic E-state index is 0.0888. The minimum Gasteiger partial charge on any atom is -0.494 e. The summed E-state index contributed by atoms with van der Waals surface area (Å²) in [5.74, 6) is 0.221. The van der Waals surface area contributed by atoms with E-state index in [1.54, 1.807) is 50.0 Å². The number of carbonyl (C=O) groups excluding carboxylic acids is 1. The number of ether oxygens (including phenoxy) is 3. The number of aryl methyl sites for hydroxylation is 2. The van der Waals surface area contributed by atoms with Crippen molar-refractivity contribution in [3.8, 4) is 11.5 Å². The van der Waals surface area contributed by atoms with E-state index in [9.17, 15) is 13.2 Å². The molecule has 0 saturated carbocycles. The fourth-order valence-electron chi connectivity index (χ4n) is 5.30. The number of fused-ring (bicyclic) bond motifs is 2. The van der Waals surface area contributed by atoms with Crippen LogP contribution < -0.4 is 9.47 Å². The smallest absolute Gasteiger partial charge is 0.306 e. The molecule has 0 bridgehead atoms. The second-order valence-corrected chi connectivity index (χ2v) is 12.1. The zero-order valence-electron chi connectivity index (χ0n) is 23.8. The molecule has 5 rings (SSSR count). The third kappa shape index (κ3) is 5.64. The van der Waals surface area contributed by atoms with Gasteiger partial charge in [-0.15, -0.1) is 5.10 Å². The topological polar surface area (TPSA) is 113 Å². The normalized spacial score (nSPS) is 17.3. The number of rotatable bonds is 8. The third-order valence-electron chi connectivity index (χ3n) is 7.36. The highest BCUT2D eigenvalue weighted by molar-refractivity contribution is 7.89. The van der Waals surface area contributed by atoms with Crippen LogP contribution in [0.5, 0.6) is 11.5 Å². The van der Waals surface area contributed by atoms with E-state index in [2.05, 4.69) is 10.3 Å². The summed E-state index contributed by atoms with van der Waals surface area (Å²) in [6.45, 7) is 6.21. The van der Waals surface area contributed by atoms with Crippen LogP contribution in [0.1, 0.15) is 48.4 Å². The summed E-state index contributed by atoms with van der Waals surface area (Å²) in [5, 5.41) is 8.39. The highest BCUT2D eigenvalue weighted by atomic mass is 32.2. The van der Waals surface area contributed by atoms with Gasteiger partial charge >= 0.3 is 5.97 Å². The lowest BCUT2D eigenvalue weighted by molar-refractivity contribution is -0.143. The summed E-state index contributed by atoms with van der Waals surface area (Å²) >= 11 is 0. The summed E-state index contributed by atoms with van der Waals surface area (Å²) < 4.78 is 47.4. The van der Waals surface area contributed by atoms with E-state index in [1.165, 1.54) is 4.31 Å². The van der Waals surface area contributed by atoms with Crippen LogP contribution in [0.2, 0.25) is 0 Å². The van der Waals surface area contributed by atoms with Crippen LogP contribution in [0.4, 0.5) is 0 Å². The molecular weight excluding hydrogens is 544 g/mol. The van der Waals surface area contributed by atoms with Crippen molar-refractivity contribution in [3.05, 3.63) is 76.9 Å². The molecular formula is C30H34N4O6S. The Hall–Kier alpha value is -3.96. The second kappa shape index (κ2) is 11.5. The van der Waals surface area contributed by atoms with Gasteiger partial charge in [-0.2, -0.15) is 4.31 Å². The Morgan fingerprint density at radius 3 is 2.68 bits per heavy atom. The van der Waals surface area contributed by atoms with Gasteiger partial charge in [0.15, 0.2) is 0 Å². The molecule has 0 spiro atoms. The first-order valence-corrected chi connectivity index (χ1v) is 14.9. The Bertz CT molecular complexity index is 1700. The molecule has 41 heavy (non-hydrogen) atoms. The predicted octanol–water partition coefficient (Wildman–Crippen LogP) is 4.34. The monoisotopic (exact) mass is 578 g/mol. The van der Waals surface area contributed by atoms with Crippen LogP contribution in [0.15, 0.2) is 59.5 Å². The first-order chi connectivity index (χ1) is 19.6. The van der Waals surface area contributed by atoms with E-state index in [4.69, 9.17) is 14.2 Å². The number of benzene rings is 3. The molecule has 10 nitrogen and oxygen atoms in total. The zero-order chi connectivity index (χ0) is 29.3. The molecule has 0 aliphatic carbocycles. The van der Waals surface area contributed by atoms with Crippen molar-refractivity contribution in [2.45, 2.75) is 50.7 Å². The molecule has 216 valence electrons. The first-order valence-electron chi connectivity index (χ1n) is 13.5. The molecule has 11 heteroatoms. The van der Waals surface area contributed by atoms with Crippen LogP contribution in [0, 0.1) is 6.92 Å². The van der Waals surface area contributed by atoms with Crippen LogP contribution >= 0.6 is 0 Å². The van der Waals surface area contributed by atoms with Gasteiger partial charge in [-0.1, -0.05) is 35.5 Å². The molecule has 1 unspecified atom stereocenters. The van der Waals surface area contributed by atoms with Gasteiger partial charge in [0, 0.05) is 19.5 Å². The molecule has 0 saturated heterocycles. The average molecular weight is 579 g/mol. The van der Waals surface area contributed by atoms with Gasteiger partial charge in [-0.25, -0.2) is 13.1 Å². The molecule has 0 radical (unpaired) electrons. The van der Waals surface area contributed by atoms with Crippen molar-refractivity contribution in [2.24, 2.45) is 7.05 Å². The van der Waals surface area contributed by atoms with Crippen LogP contribution in [0.3, 0.4) is 0 Å². The predicted molar refractivity (Wildman–Crippen MR) is 153 cm³/mol. The van der Waals surface area contributed by atoms with E-state index in [-0.39, 0.29) is 43.1 Å². The minimum atomic E-state index is -3.81. The Kier molecular flexibility index (Phi) is 8.01. The summed E-state index contributed by atoms with van der Waals surface area (Å²) in [7, 11) is -0.433.